The lowest BCUT2D eigenvalue weighted by molar-refractivity contribution is -0.127. The Kier molecular flexibility index (Phi) is 9.42. The highest BCUT2D eigenvalue weighted by molar-refractivity contribution is 9.11. The molecule has 0 bridgehead atoms. The normalized spacial score (nSPS) is 14.4. The van der Waals surface area contributed by atoms with Gasteiger partial charge in [0.2, 0.25) is 5.91 Å². The molecule has 0 aromatic heterocycles. The molecule has 3 aromatic rings. The monoisotopic (exact) mass is 746 g/mol. The van der Waals surface area contributed by atoms with Crippen LogP contribution in [0.25, 0.3) is 6.08 Å². The molecule has 0 saturated carbocycles. The minimum atomic E-state index is -0.536. The number of nitrogens with zero attached hydrogens (tertiary/aromatic N) is 1. The molecule has 0 unspecified atom stereocenters. The minimum Gasteiger partial charge on any atom is -0.486 e. The number of thioether (sulfide) groups is 1. The van der Waals surface area contributed by atoms with E-state index < -0.39 is 17.1 Å². The molecule has 0 radical (unpaired) electrons. The second kappa shape index (κ2) is 12.4. The Bertz CT molecular complexity index is 1410. The van der Waals surface area contributed by atoms with Crippen LogP contribution in [0, 0.1) is 0 Å². The summed E-state index contributed by atoms with van der Waals surface area (Å²) >= 11 is 23.3. The van der Waals surface area contributed by atoms with E-state index in [1.807, 2.05) is 0 Å². The smallest absolute Gasteiger partial charge is 0.294 e. The highest BCUT2D eigenvalue weighted by Gasteiger charge is 2.36. The summed E-state index contributed by atoms with van der Waals surface area (Å²) < 4.78 is 8.06. The van der Waals surface area contributed by atoms with Crippen molar-refractivity contribution in [2.24, 2.45) is 0 Å². The fraction of sp³-hybridized carbons (Fsp3) is 0.0800. The molecule has 1 fully saturated rings. The Balaban J connectivity index is 1.44. The predicted octanol–water partition coefficient (Wildman–Crippen LogP) is 8.53. The van der Waals surface area contributed by atoms with Crippen molar-refractivity contribution in [1.82, 2.24) is 4.90 Å². The molecule has 4 rings (SSSR count). The van der Waals surface area contributed by atoms with E-state index in [0.717, 1.165) is 26.7 Å². The number of halogens is 5. The number of ether oxygens (including phenoxy) is 1. The largest absolute Gasteiger partial charge is 0.486 e. The van der Waals surface area contributed by atoms with Crippen molar-refractivity contribution in [3.8, 4) is 5.75 Å². The first kappa shape index (κ1) is 28.2. The van der Waals surface area contributed by atoms with Crippen molar-refractivity contribution in [1.29, 1.82) is 0 Å². The first-order valence-electron chi connectivity index (χ1n) is 10.5. The molecule has 1 saturated heterocycles. The van der Waals surface area contributed by atoms with Crippen LogP contribution < -0.4 is 10.1 Å². The SMILES string of the molecule is O=C(CN1C(=O)S/C(=C/c2cc(Br)c(OCc3ccc(Cl)cc3Cl)c(Br)c2)C1=O)Nc1ccc(Br)cc1. The fourth-order valence-corrected chi connectivity index (χ4v) is 6.27. The Hall–Kier alpha value is -1.82. The number of carbonyl (C=O) groups is 3. The fourth-order valence-electron chi connectivity index (χ4n) is 3.25. The van der Waals surface area contributed by atoms with Crippen LogP contribution >= 0.6 is 82.8 Å². The number of carbonyl (C=O) groups excluding carboxylic acids is 3. The number of hydrogen-bond acceptors (Lipinski definition) is 5. The van der Waals surface area contributed by atoms with Gasteiger partial charge >= 0.3 is 0 Å². The van der Waals surface area contributed by atoms with Crippen LogP contribution in [-0.4, -0.2) is 28.5 Å². The lowest BCUT2D eigenvalue weighted by atomic mass is 10.2. The van der Waals surface area contributed by atoms with E-state index in [2.05, 4.69) is 53.1 Å². The first-order chi connectivity index (χ1) is 17.6. The standard InChI is InChI=1S/C25H15Br3Cl2N2O4S/c26-15-2-5-17(6-3-15)31-22(33)11-32-24(34)21(37-25(32)35)9-13-7-18(27)23(19(28)8-13)36-12-14-1-4-16(29)10-20(14)30/h1-10H,11-12H2,(H,31,33)/b21-9+. The maximum absolute atomic E-state index is 12.9. The molecule has 1 aliphatic rings. The van der Waals surface area contributed by atoms with E-state index in [1.165, 1.54) is 0 Å². The molecule has 6 nitrogen and oxygen atoms in total. The van der Waals surface area contributed by atoms with Crippen LogP contribution in [0.5, 0.6) is 5.75 Å². The van der Waals surface area contributed by atoms with Gasteiger partial charge in [-0.2, -0.15) is 0 Å². The molecular formula is C25H15Br3Cl2N2O4S. The third-order valence-electron chi connectivity index (χ3n) is 5.01. The molecule has 190 valence electrons. The maximum Gasteiger partial charge on any atom is 0.294 e. The minimum absolute atomic E-state index is 0.210. The zero-order valence-electron chi connectivity index (χ0n) is 18.6. The van der Waals surface area contributed by atoms with E-state index in [4.69, 9.17) is 27.9 Å². The number of amides is 3. The Labute approximate surface area is 252 Å². The quantitative estimate of drug-likeness (QED) is 0.245. The molecule has 3 aromatic carbocycles. The summed E-state index contributed by atoms with van der Waals surface area (Å²) in [6, 6.07) is 15.7. The lowest BCUT2D eigenvalue weighted by Gasteiger charge is -2.13. The summed E-state index contributed by atoms with van der Waals surface area (Å²) in [5.74, 6) is -0.467. The number of hydrogen-bond donors (Lipinski definition) is 1. The predicted molar refractivity (Wildman–Crippen MR) is 158 cm³/mol. The highest BCUT2D eigenvalue weighted by Crippen LogP contribution is 2.38. The number of nitrogens with one attached hydrogen (secondary N) is 1. The van der Waals surface area contributed by atoms with E-state index >= 15 is 0 Å². The van der Waals surface area contributed by atoms with Gasteiger partial charge in [-0.15, -0.1) is 0 Å². The molecule has 12 heteroatoms. The summed E-state index contributed by atoms with van der Waals surface area (Å²) in [7, 11) is 0. The van der Waals surface area contributed by atoms with Gasteiger partial charge < -0.3 is 10.1 Å². The summed E-state index contributed by atoms with van der Waals surface area (Å²) in [5.41, 5.74) is 1.98. The lowest BCUT2D eigenvalue weighted by Crippen LogP contribution is -2.36. The number of benzene rings is 3. The summed E-state index contributed by atoms with van der Waals surface area (Å²) in [6.45, 7) is -0.167. The Morgan fingerprint density at radius 3 is 2.32 bits per heavy atom. The Morgan fingerprint density at radius 2 is 1.68 bits per heavy atom. The van der Waals surface area contributed by atoms with Crippen LogP contribution in [-0.2, 0) is 16.2 Å². The van der Waals surface area contributed by atoms with E-state index in [1.54, 1.807) is 60.7 Å². The van der Waals surface area contributed by atoms with E-state index in [9.17, 15) is 14.4 Å². The maximum atomic E-state index is 12.9. The van der Waals surface area contributed by atoms with E-state index in [0.29, 0.717) is 36.0 Å². The first-order valence-corrected chi connectivity index (χ1v) is 14.4. The van der Waals surface area contributed by atoms with Gasteiger partial charge in [0.15, 0.2) is 0 Å². The third-order valence-corrected chi connectivity index (χ3v) is 8.21. The molecule has 1 N–H and O–H groups in total. The average molecular weight is 750 g/mol. The van der Waals surface area contributed by atoms with E-state index in [-0.39, 0.29) is 18.1 Å². The molecule has 1 aliphatic heterocycles. The molecule has 3 amide bonds. The van der Waals surface area contributed by atoms with Crippen molar-refractivity contribution in [2.45, 2.75) is 6.61 Å². The van der Waals surface area contributed by atoms with Crippen molar-refractivity contribution in [3.05, 3.63) is 94.1 Å². The van der Waals surface area contributed by atoms with Crippen molar-refractivity contribution in [2.75, 3.05) is 11.9 Å². The van der Waals surface area contributed by atoms with Crippen molar-refractivity contribution < 1.29 is 19.1 Å². The topological polar surface area (TPSA) is 75.7 Å². The molecular weight excluding hydrogens is 735 g/mol. The van der Waals surface area contributed by atoms with Crippen molar-refractivity contribution in [3.63, 3.8) is 0 Å². The number of rotatable bonds is 7. The van der Waals surface area contributed by atoms with Gasteiger partial charge in [0.05, 0.1) is 13.9 Å². The molecule has 37 heavy (non-hydrogen) atoms. The van der Waals surface area contributed by atoms with Crippen LogP contribution in [0.1, 0.15) is 11.1 Å². The van der Waals surface area contributed by atoms with Crippen LogP contribution in [0.15, 0.2) is 72.9 Å². The zero-order chi connectivity index (χ0) is 26.7. The van der Waals surface area contributed by atoms with Gasteiger partial charge in [0.25, 0.3) is 11.1 Å². The van der Waals surface area contributed by atoms with Crippen LogP contribution in [0.2, 0.25) is 10.0 Å². The van der Waals surface area contributed by atoms with Crippen molar-refractivity contribution >= 4 is 112 Å². The van der Waals surface area contributed by atoms with Gasteiger partial charge in [0, 0.05) is 25.8 Å². The number of imide groups is 1. The second-order valence-electron chi connectivity index (χ2n) is 7.66. The number of anilines is 1. The van der Waals surface area contributed by atoms with Crippen LogP contribution in [0.3, 0.4) is 0 Å². The summed E-state index contributed by atoms with van der Waals surface area (Å²) in [4.78, 5) is 38.9. The second-order valence-corrected chi connectivity index (χ2v) is 12.1. The van der Waals surface area contributed by atoms with Gasteiger partial charge in [-0.3, -0.25) is 19.3 Å². The summed E-state index contributed by atoms with van der Waals surface area (Å²) in [6.07, 6.45) is 1.59. The molecule has 0 aliphatic carbocycles. The average Bonchev–Trinajstić information content (AvgIpc) is 3.08. The molecule has 0 atom stereocenters. The van der Waals surface area contributed by atoms with Gasteiger partial charge in [0.1, 0.15) is 18.9 Å². The highest BCUT2D eigenvalue weighted by atomic mass is 79.9. The molecule has 1 heterocycles. The van der Waals surface area contributed by atoms with Gasteiger partial charge in [-0.05, 0) is 104 Å². The van der Waals surface area contributed by atoms with Gasteiger partial charge in [-0.25, -0.2) is 0 Å². The zero-order valence-corrected chi connectivity index (χ0v) is 25.7. The van der Waals surface area contributed by atoms with Gasteiger partial charge in [-0.1, -0.05) is 45.2 Å². The third kappa shape index (κ3) is 7.19. The molecule has 0 spiro atoms. The van der Waals surface area contributed by atoms with Crippen LogP contribution in [0.4, 0.5) is 10.5 Å². The Morgan fingerprint density at radius 1 is 1.00 bits per heavy atom. The summed E-state index contributed by atoms with van der Waals surface area (Å²) in [5, 5.41) is 3.20.